The maximum atomic E-state index is 12.3. The first-order valence-corrected chi connectivity index (χ1v) is 9.56. The molecule has 0 aliphatic carbocycles. The minimum atomic E-state index is -0.452. The summed E-state index contributed by atoms with van der Waals surface area (Å²) in [4.78, 5) is 12.3. The Bertz CT molecular complexity index is 978. The van der Waals surface area contributed by atoms with Gasteiger partial charge in [-0.2, -0.15) is 0 Å². The van der Waals surface area contributed by atoms with Crippen LogP contribution in [0, 0.1) is 0 Å². The lowest BCUT2D eigenvalue weighted by molar-refractivity contribution is 0.0995. The first-order chi connectivity index (χ1) is 13.7. The highest BCUT2D eigenvalue weighted by molar-refractivity contribution is 5.97. The predicted octanol–water partition coefficient (Wildman–Crippen LogP) is 5.86. The van der Waals surface area contributed by atoms with Crippen LogP contribution in [0.25, 0.3) is 10.9 Å². The number of rotatable bonds is 8. The summed E-state index contributed by atoms with van der Waals surface area (Å²) < 4.78 is 7.13. The number of carbonyl (C=O) groups is 1. The Morgan fingerprint density at radius 2 is 1.89 bits per heavy atom. The summed E-state index contributed by atoms with van der Waals surface area (Å²) in [6.07, 6.45) is 4.36. The number of carbonyl (C=O) groups excluding carboxylic acids is 1. The average Bonchev–Trinajstić information content (AvgIpc) is 3.00. The van der Waals surface area contributed by atoms with Crippen LogP contribution in [0.3, 0.4) is 0 Å². The number of aryl methyl sites for hydroxylation is 1. The number of hydrogen-bond acceptors (Lipinski definition) is 4. The lowest BCUT2D eigenvalue weighted by Crippen LogP contribution is -1.97. The van der Waals surface area contributed by atoms with Gasteiger partial charge in [-0.05, 0) is 36.8 Å². The van der Waals surface area contributed by atoms with Gasteiger partial charge in [0.05, 0.1) is 12.6 Å². The molecule has 28 heavy (non-hydrogen) atoms. The van der Waals surface area contributed by atoms with E-state index in [0.717, 1.165) is 31.2 Å². The molecule has 6 nitrogen and oxygen atoms in total. The molecule has 0 aliphatic heterocycles. The van der Waals surface area contributed by atoms with Crippen molar-refractivity contribution in [3.05, 3.63) is 54.1 Å². The van der Waals surface area contributed by atoms with Crippen molar-refractivity contribution in [2.24, 2.45) is 10.2 Å². The van der Waals surface area contributed by atoms with Crippen molar-refractivity contribution in [1.82, 2.24) is 4.57 Å². The highest BCUT2D eigenvalue weighted by Crippen LogP contribution is 2.40. The molecular weight excluding hydrogens is 354 g/mol. The largest absolute Gasteiger partial charge is 0.497 e. The molecule has 0 spiro atoms. The topological polar surface area (TPSA) is 76.2 Å². The molecule has 146 valence electrons. The van der Waals surface area contributed by atoms with E-state index >= 15 is 0 Å². The number of aromatic nitrogens is 1. The molecule has 1 aromatic heterocycles. The maximum absolute atomic E-state index is 12.3. The number of aromatic hydroxyl groups is 1. The number of ether oxygens (including phenoxy) is 1. The highest BCUT2D eigenvalue weighted by atomic mass is 16.5. The minimum absolute atomic E-state index is 0.0179. The summed E-state index contributed by atoms with van der Waals surface area (Å²) in [7, 11) is 1.59. The molecular formula is C22H25N3O3. The van der Waals surface area contributed by atoms with Gasteiger partial charge in [-0.15, -0.1) is 10.2 Å². The van der Waals surface area contributed by atoms with Gasteiger partial charge in [-0.1, -0.05) is 44.4 Å². The van der Waals surface area contributed by atoms with Gasteiger partial charge in [-0.25, -0.2) is 0 Å². The molecule has 1 heterocycles. The van der Waals surface area contributed by atoms with Crippen LogP contribution in [0.1, 0.15) is 43.0 Å². The summed E-state index contributed by atoms with van der Waals surface area (Å²) in [5, 5.41) is 19.4. The molecule has 0 aliphatic rings. The van der Waals surface area contributed by atoms with E-state index in [1.54, 1.807) is 37.4 Å². The zero-order valence-corrected chi connectivity index (χ0v) is 16.3. The molecule has 0 unspecified atom stereocenters. The van der Waals surface area contributed by atoms with Gasteiger partial charge in [0.25, 0.3) is 5.91 Å². The number of azo groups is 1. The fourth-order valence-electron chi connectivity index (χ4n) is 3.19. The lowest BCUT2D eigenvalue weighted by atomic mass is 10.2. The summed E-state index contributed by atoms with van der Waals surface area (Å²) in [5.41, 5.74) is 1.58. The van der Waals surface area contributed by atoms with E-state index in [0.29, 0.717) is 23.2 Å². The van der Waals surface area contributed by atoms with Crippen LogP contribution in [0.15, 0.2) is 58.8 Å². The van der Waals surface area contributed by atoms with Crippen LogP contribution in [-0.4, -0.2) is 22.7 Å². The standard InChI is InChI=1S/C22H25N3O3/c1-3-4-5-9-14-25-19-13-12-17(28-2)15-18(19)20(22(25)27)23-24-21(26)16-10-7-6-8-11-16/h6-8,10-13,15,27H,3-5,9,14H2,1-2H3. The second kappa shape index (κ2) is 9.17. The Kier molecular flexibility index (Phi) is 6.42. The Balaban J connectivity index is 1.96. The monoisotopic (exact) mass is 379 g/mol. The van der Waals surface area contributed by atoms with E-state index in [1.165, 1.54) is 0 Å². The van der Waals surface area contributed by atoms with Crippen molar-refractivity contribution in [3.63, 3.8) is 0 Å². The average molecular weight is 379 g/mol. The third-order valence-corrected chi connectivity index (χ3v) is 4.71. The van der Waals surface area contributed by atoms with Crippen LogP contribution < -0.4 is 4.74 Å². The molecule has 6 heteroatoms. The van der Waals surface area contributed by atoms with Crippen LogP contribution >= 0.6 is 0 Å². The van der Waals surface area contributed by atoms with E-state index in [9.17, 15) is 9.90 Å². The molecule has 0 radical (unpaired) electrons. The normalized spacial score (nSPS) is 11.4. The second-order valence-corrected chi connectivity index (χ2v) is 6.64. The van der Waals surface area contributed by atoms with E-state index < -0.39 is 5.91 Å². The first kappa shape index (κ1) is 19.6. The molecule has 0 fully saturated rings. The van der Waals surface area contributed by atoms with Crippen LogP contribution in [0.5, 0.6) is 11.6 Å². The highest BCUT2D eigenvalue weighted by Gasteiger charge is 2.18. The van der Waals surface area contributed by atoms with Crippen LogP contribution in [0.2, 0.25) is 0 Å². The van der Waals surface area contributed by atoms with Crippen molar-refractivity contribution in [2.75, 3.05) is 7.11 Å². The van der Waals surface area contributed by atoms with Crippen molar-refractivity contribution < 1.29 is 14.6 Å². The van der Waals surface area contributed by atoms with E-state index in [2.05, 4.69) is 17.2 Å². The van der Waals surface area contributed by atoms with E-state index in [1.807, 2.05) is 22.8 Å². The zero-order valence-electron chi connectivity index (χ0n) is 16.3. The quantitative estimate of drug-likeness (QED) is 0.393. The number of benzene rings is 2. The SMILES string of the molecule is CCCCCCn1c(O)c(N=NC(=O)c2ccccc2)c2cc(OC)ccc21. The van der Waals surface area contributed by atoms with Crippen molar-refractivity contribution in [2.45, 2.75) is 39.2 Å². The third kappa shape index (κ3) is 4.22. The van der Waals surface area contributed by atoms with Gasteiger partial charge in [0, 0.05) is 17.5 Å². The molecule has 1 amide bonds. The minimum Gasteiger partial charge on any atom is -0.497 e. The molecule has 0 atom stereocenters. The summed E-state index contributed by atoms with van der Waals surface area (Å²) in [5.74, 6) is 0.220. The number of nitrogens with zero attached hydrogens (tertiary/aromatic N) is 3. The van der Waals surface area contributed by atoms with Crippen molar-refractivity contribution in [1.29, 1.82) is 0 Å². The molecule has 0 saturated carbocycles. The summed E-state index contributed by atoms with van der Waals surface area (Å²) in [6.45, 7) is 2.84. The molecule has 3 rings (SSSR count). The van der Waals surface area contributed by atoms with Gasteiger partial charge < -0.3 is 14.4 Å². The van der Waals surface area contributed by atoms with Gasteiger partial charge in [0.1, 0.15) is 5.75 Å². The van der Waals surface area contributed by atoms with Crippen LogP contribution in [0.4, 0.5) is 5.69 Å². The molecule has 3 aromatic rings. The Morgan fingerprint density at radius 1 is 1.11 bits per heavy atom. The number of unbranched alkanes of at least 4 members (excludes halogenated alkanes) is 3. The Labute approximate surface area is 164 Å². The summed E-state index contributed by atoms with van der Waals surface area (Å²) in [6, 6.07) is 14.3. The van der Waals surface area contributed by atoms with Gasteiger partial charge in [0.15, 0.2) is 5.69 Å². The van der Waals surface area contributed by atoms with Crippen molar-refractivity contribution in [3.8, 4) is 11.6 Å². The predicted molar refractivity (Wildman–Crippen MR) is 110 cm³/mol. The van der Waals surface area contributed by atoms with Crippen molar-refractivity contribution >= 4 is 22.5 Å². The van der Waals surface area contributed by atoms with E-state index in [-0.39, 0.29) is 11.6 Å². The summed E-state index contributed by atoms with van der Waals surface area (Å²) >= 11 is 0. The Morgan fingerprint density at radius 3 is 2.61 bits per heavy atom. The molecule has 2 aromatic carbocycles. The number of hydrogen-bond donors (Lipinski definition) is 1. The fraction of sp³-hybridized carbons (Fsp3) is 0.318. The Hall–Kier alpha value is -3.15. The van der Waals surface area contributed by atoms with E-state index in [4.69, 9.17) is 4.74 Å². The first-order valence-electron chi connectivity index (χ1n) is 9.56. The van der Waals surface area contributed by atoms with Crippen LogP contribution in [-0.2, 0) is 6.54 Å². The van der Waals surface area contributed by atoms with Gasteiger partial charge in [0.2, 0.25) is 5.88 Å². The van der Waals surface area contributed by atoms with Gasteiger partial charge >= 0.3 is 0 Å². The number of methoxy groups -OCH3 is 1. The molecule has 0 saturated heterocycles. The number of fused-ring (bicyclic) bond motifs is 1. The molecule has 1 N–H and O–H groups in total. The second-order valence-electron chi connectivity index (χ2n) is 6.64. The third-order valence-electron chi connectivity index (χ3n) is 4.71. The van der Waals surface area contributed by atoms with Gasteiger partial charge in [-0.3, -0.25) is 4.79 Å². The zero-order chi connectivity index (χ0) is 19.9. The smallest absolute Gasteiger partial charge is 0.295 e. The fourth-order valence-corrected chi connectivity index (χ4v) is 3.19. The molecule has 0 bridgehead atoms. The number of amides is 1. The lowest BCUT2D eigenvalue weighted by Gasteiger charge is -2.07. The maximum Gasteiger partial charge on any atom is 0.295 e.